The number of ether oxygens (including phenoxy) is 2. The number of hydrogen-bond donors (Lipinski definition) is 0. The number of nitrogens with zero attached hydrogens (tertiary/aromatic N) is 2. The molecule has 0 saturated heterocycles. The van der Waals surface area contributed by atoms with Gasteiger partial charge in [-0.15, -0.1) is 11.8 Å². The average molecular weight is 327 g/mol. The number of aromatic nitrogens is 2. The molecule has 0 radical (unpaired) electrons. The standard InChI is InChI=1S/C12H11BrN2O2S/c1-16-11-8(13)7-14-12(15-11)17-9-5-3-4-6-10(9)18-2/h3-7H,1-2H3. The van der Waals surface area contributed by atoms with E-state index in [-0.39, 0.29) is 6.01 Å². The topological polar surface area (TPSA) is 44.2 Å². The first-order valence-corrected chi connectivity index (χ1v) is 7.13. The van der Waals surface area contributed by atoms with Gasteiger partial charge < -0.3 is 9.47 Å². The van der Waals surface area contributed by atoms with Crippen LogP contribution in [-0.2, 0) is 0 Å². The molecule has 2 aromatic rings. The highest BCUT2D eigenvalue weighted by Gasteiger charge is 2.09. The second-order valence-corrected chi connectivity index (χ2v) is 4.97. The fraction of sp³-hybridized carbons (Fsp3) is 0.167. The van der Waals surface area contributed by atoms with Gasteiger partial charge in [0.05, 0.1) is 17.8 Å². The molecule has 0 bridgehead atoms. The molecule has 0 saturated carbocycles. The molecule has 1 aromatic heterocycles. The number of thioether (sulfide) groups is 1. The van der Waals surface area contributed by atoms with Gasteiger partial charge in [0.15, 0.2) is 0 Å². The maximum Gasteiger partial charge on any atom is 0.325 e. The normalized spacial score (nSPS) is 10.2. The average Bonchev–Trinajstić information content (AvgIpc) is 2.41. The number of rotatable bonds is 4. The Kier molecular flexibility index (Phi) is 4.43. The molecule has 4 nitrogen and oxygen atoms in total. The lowest BCUT2D eigenvalue weighted by molar-refractivity contribution is 0.371. The number of para-hydroxylation sites is 1. The Balaban J connectivity index is 2.28. The summed E-state index contributed by atoms with van der Waals surface area (Å²) in [7, 11) is 1.55. The van der Waals surface area contributed by atoms with Gasteiger partial charge in [0.2, 0.25) is 5.88 Å². The van der Waals surface area contributed by atoms with Crippen LogP contribution in [0.1, 0.15) is 0 Å². The van der Waals surface area contributed by atoms with E-state index in [9.17, 15) is 0 Å². The summed E-state index contributed by atoms with van der Waals surface area (Å²) in [6.45, 7) is 0. The summed E-state index contributed by atoms with van der Waals surface area (Å²) in [5.41, 5.74) is 0. The predicted octanol–water partition coefficient (Wildman–Crippen LogP) is 3.76. The predicted molar refractivity (Wildman–Crippen MR) is 74.6 cm³/mol. The fourth-order valence-electron chi connectivity index (χ4n) is 1.33. The summed E-state index contributed by atoms with van der Waals surface area (Å²) >= 11 is 4.90. The molecule has 2 rings (SSSR count). The Bertz CT molecular complexity index is 551. The third-order valence-corrected chi connectivity index (χ3v) is 3.47. The molecule has 0 N–H and O–H groups in total. The lowest BCUT2D eigenvalue weighted by atomic mass is 10.3. The van der Waals surface area contributed by atoms with Gasteiger partial charge in [-0.2, -0.15) is 4.98 Å². The Morgan fingerprint density at radius 1 is 1.28 bits per heavy atom. The minimum Gasteiger partial charge on any atom is -0.480 e. The minimum absolute atomic E-state index is 0.261. The van der Waals surface area contributed by atoms with E-state index >= 15 is 0 Å². The first-order chi connectivity index (χ1) is 8.74. The van der Waals surface area contributed by atoms with E-state index in [1.807, 2.05) is 30.5 Å². The van der Waals surface area contributed by atoms with Crippen molar-refractivity contribution in [1.29, 1.82) is 0 Å². The lowest BCUT2D eigenvalue weighted by Crippen LogP contribution is -1.96. The van der Waals surface area contributed by atoms with Crippen molar-refractivity contribution in [2.45, 2.75) is 4.90 Å². The molecule has 0 aliphatic carbocycles. The third kappa shape index (κ3) is 2.94. The van der Waals surface area contributed by atoms with Gasteiger partial charge in [-0.25, -0.2) is 4.98 Å². The lowest BCUT2D eigenvalue weighted by Gasteiger charge is -2.08. The van der Waals surface area contributed by atoms with Crippen molar-refractivity contribution in [3.05, 3.63) is 34.9 Å². The van der Waals surface area contributed by atoms with Crippen molar-refractivity contribution in [2.24, 2.45) is 0 Å². The van der Waals surface area contributed by atoms with Gasteiger partial charge in [0.1, 0.15) is 5.75 Å². The Hall–Kier alpha value is -1.27. The monoisotopic (exact) mass is 326 g/mol. The second kappa shape index (κ2) is 6.06. The summed E-state index contributed by atoms with van der Waals surface area (Å²) in [6.07, 6.45) is 3.59. The van der Waals surface area contributed by atoms with Crippen LogP contribution in [0.2, 0.25) is 0 Å². The van der Waals surface area contributed by atoms with Gasteiger partial charge in [-0.3, -0.25) is 0 Å². The molecular weight excluding hydrogens is 316 g/mol. The molecule has 1 aromatic carbocycles. The van der Waals surface area contributed by atoms with Crippen molar-refractivity contribution >= 4 is 27.7 Å². The fourth-order valence-corrected chi connectivity index (χ4v) is 2.21. The van der Waals surface area contributed by atoms with E-state index in [0.29, 0.717) is 10.4 Å². The maximum absolute atomic E-state index is 5.65. The van der Waals surface area contributed by atoms with Gasteiger partial charge in [0, 0.05) is 4.90 Å². The molecule has 0 aliphatic heterocycles. The first kappa shape index (κ1) is 13.2. The van der Waals surface area contributed by atoms with Crippen molar-refractivity contribution < 1.29 is 9.47 Å². The summed E-state index contributed by atoms with van der Waals surface area (Å²) in [5, 5.41) is 0. The Labute approximate surface area is 118 Å². The zero-order valence-corrected chi connectivity index (χ0v) is 12.3. The van der Waals surface area contributed by atoms with Crippen LogP contribution >= 0.6 is 27.7 Å². The number of hydrogen-bond acceptors (Lipinski definition) is 5. The quantitative estimate of drug-likeness (QED) is 0.800. The zero-order valence-electron chi connectivity index (χ0n) is 9.88. The highest BCUT2D eigenvalue weighted by atomic mass is 79.9. The zero-order chi connectivity index (χ0) is 13.0. The van der Waals surface area contributed by atoms with Crippen molar-refractivity contribution in [3.63, 3.8) is 0 Å². The summed E-state index contributed by atoms with van der Waals surface area (Å²) in [6, 6.07) is 7.99. The van der Waals surface area contributed by atoms with Gasteiger partial charge in [0.25, 0.3) is 0 Å². The number of halogens is 1. The molecule has 94 valence electrons. The van der Waals surface area contributed by atoms with Crippen molar-refractivity contribution in [3.8, 4) is 17.6 Å². The molecule has 6 heteroatoms. The van der Waals surface area contributed by atoms with Crippen molar-refractivity contribution in [2.75, 3.05) is 13.4 Å². The van der Waals surface area contributed by atoms with Crippen LogP contribution in [0, 0.1) is 0 Å². The molecule has 0 amide bonds. The van der Waals surface area contributed by atoms with E-state index < -0.39 is 0 Å². The SMILES string of the molecule is COc1nc(Oc2ccccc2SC)ncc1Br. The Morgan fingerprint density at radius 3 is 2.78 bits per heavy atom. The molecule has 0 fully saturated rings. The van der Waals surface area contributed by atoms with E-state index in [1.165, 1.54) is 0 Å². The second-order valence-electron chi connectivity index (χ2n) is 3.26. The maximum atomic E-state index is 5.65. The largest absolute Gasteiger partial charge is 0.480 e. The molecule has 1 heterocycles. The highest BCUT2D eigenvalue weighted by Crippen LogP contribution is 2.31. The number of benzene rings is 1. The van der Waals surface area contributed by atoms with Gasteiger partial charge in [-0.05, 0) is 34.3 Å². The molecular formula is C12H11BrN2O2S. The minimum atomic E-state index is 0.261. The van der Waals surface area contributed by atoms with Crippen LogP contribution in [0.4, 0.5) is 0 Å². The molecule has 0 aliphatic rings. The summed E-state index contributed by atoms with van der Waals surface area (Å²) in [5.74, 6) is 1.18. The van der Waals surface area contributed by atoms with Crippen LogP contribution in [-0.4, -0.2) is 23.3 Å². The van der Waals surface area contributed by atoms with Gasteiger partial charge in [-0.1, -0.05) is 12.1 Å². The molecule has 0 unspecified atom stereocenters. The van der Waals surface area contributed by atoms with E-state index in [2.05, 4.69) is 25.9 Å². The number of methoxy groups -OCH3 is 1. The molecule has 0 spiro atoms. The van der Waals surface area contributed by atoms with Crippen LogP contribution in [0.15, 0.2) is 39.8 Å². The summed E-state index contributed by atoms with van der Waals surface area (Å²) < 4.78 is 11.4. The van der Waals surface area contributed by atoms with Crippen molar-refractivity contribution in [1.82, 2.24) is 9.97 Å². The smallest absolute Gasteiger partial charge is 0.325 e. The van der Waals surface area contributed by atoms with Crippen LogP contribution < -0.4 is 9.47 Å². The Morgan fingerprint density at radius 2 is 2.06 bits per heavy atom. The first-order valence-electron chi connectivity index (χ1n) is 5.12. The van der Waals surface area contributed by atoms with E-state index in [4.69, 9.17) is 9.47 Å². The van der Waals surface area contributed by atoms with E-state index in [0.717, 1.165) is 10.6 Å². The molecule has 18 heavy (non-hydrogen) atoms. The third-order valence-electron chi connectivity index (χ3n) is 2.15. The van der Waals surface area contributed by atoms with Crippen LogP contribution in [0.25, 0.3) is 0 Å². The van der Waals surface area contributed by atoms with E-state index in [1.54, 1.807) is 25.1 Å². The van der Waals surface area contributed by atoms with Gasteiger partial charge >= 0.3 is 6.01 Å². The summed E-state index contributed by atoms with van der Waals surface area (Å²) in [4.78, 5) is 9.27. The highest BCUT2D eigenvalue weighted by molar-refractivity contribution is 9.10. The molecule has 0 atom stereocenters. The van der Waals surface area contributed by atoms with Crippen LogP contribution in [0.5, 0.6) is 17.6 Å². The van der Waals surface area contributed by atoms with Crippen LogP contribution in [0.3, 0.4) is 0 Å².